The Kier molecular flexibility index (Phi) is 11.7. The highest BCUT2D eigenvalue weighted by molar-refractivity contribution is 5.89. The van der Waals surface area contributed by atoms with Crippen LogP contribution in [-0.4, -0.2) is 24.1 Å². The van der Waals surface area contributed by atoms with Crippen LogP contribution < -0.4 is 5.32 Å². The number of fused-ring (bicyclic) bond motifs is 3. The minimum atomic E-state index is -0.389. The third kappa shape index (κ3) is 7.13. The molecule has 1 fully saturated rings. The third-order valence-corrected chi connectivity index (χ3v) is 17.8. The van der Waals surface area contributed by atoms with Crippen LogP contribution in [0.4, 0.5) is 0 Å². The molecule has 348 valence electrons. The number of hydrogen-bond donors (Lipinski definition) is 1. The smallest absolute Gasteiger partial charge is 0.137 e. The van der Waals surface area contributed by atoms with Gasteiger partial charge in [-0.05, 0) is 131 Å². The second kappa shape index (κ2) is 18.1. The van der Waals surface area contributed by atoms with Crippen molar-refractivity contribution in [2.24, 2.45) is 45.9 Å². The van der Waals surface area contributed by atoms with Gasteiger partial charge in [0.25, 0.3) is 0 Å². The number of hydrogen-bond acceptors (Lipinski definition) is 4. The van der Waals surface area contributed by atoms with Crippen molar-refractivity contribution in [2.45, 2.75) is 128 Å². The molecule has 4 heteroatoms. The molecule has 3 aliphatic heterocycles. The summed E-state index contributed by atoms with van der Waals surface area (Å²) in [6.45, 7) is 7.17. The third-order valence-electron chi connectivity index (χ3n) is 17.8. The summed E-state index contributed by atoms with van der Waals surface area (Å²) < 4.78 is 15.2. The van der Waals surface area contributed by atoms with Crippen molar-refractivity contribution in [3.05, 3.63) is 214 Å². The summed E-state index contributed by atoms with van der Waals surface area (Å²) in [5.74, 6) is 4.86. The van der Waals surface area contributed by atoms with Gasteiger partial charge in [0.1, 0.15) is 23.4 Å². The van der Waals surface area contributed by atoms with Crippen molar-refractivity contribution in [1.29, 1.82) is 0 Å². The van der Waals surface area contributed by atoms with Crippen molar-refractivity contribution in [1.82, 2.24) is 5.32 Å². The topological polar surface area (TPSA) is 42.9 Å². The van der Waals surface area contributed by atoms with Crippen LogP contribution >= 0.6 is 0 Å². The van der Waals surface area contributed by atoms with Gasteiger partial charge in [0.05, 0.1) is 17.6 Å². The number of nitrogens with one attached hydrogen (secondary N) is 1. The van der Waals surface area contributed by atoms with Crippen LogP contribution in [0.2, 0.25) is 0 Å². The number of aliphatic imine (C=N–C) groups is 1. The Bertz CT molecular complexity index is 2730. The number of benzene rings is 1. The van der Waals surface area contributed by atoms with E-state index in [0.29, 0.717) is 17.8 Å². The van der Waals surface area contributed by atoms with E-state index in [2.05, 4.69) is 178 Å². The van der Waals surface area contributed by atoms with E-state index in [9.17, 15) is 0 Å². The van der Waals surface area contributed by atoms with Crippen molar-refractivity contribution in [3.63, 3.8) is 0 Å². The lowest BCUT2D eigenvalue weighted by Gasteiger charge is -2.60. The first-order valence-electron chi connectivity index (χ1n) is 26.5. The van der Waals surface area contributed by atoms with Crippen LogP contribution in [0, 0.1) is 40.9 Å². The molecule has 68 heavy (non-hydrogen) atoms. The van der Waals surface area contributed by atoms with Gasteiger partial charge in [-0.2, -0.15) is 0 Å². The molecule has 0 radical (unpaired) electrons. The Morgan fingerprint density at radius 3 is 2.35 bits per heavy atom. The van der Waals surface area contributed by atoms with Gasteiger partial charge >= 0.3 is 0 Å². The molecule has 1 aromatic rings. The van der Waals surface area contributed by atoms with E-state index < -0.39 is 0 Å². The molecule has 1 N–H and O–H groups in total. The highest BCUT2D eigenvalue weighted by Crippen LogP contribution is 2.62. The van der Waals surface area contributed by atoms with Crippen molar-refractivity contribution in [3.8, 4) is 0 Å². The maximum absolute atomic E-state index is 7.70. The number of allylic oxidation sites excluding steroid dienone is 22. The molecule has 0 saturated carbocycles. The lowest BCUT2D eigenvalue weighted by atomic mass is 9.50. The van der Waals surface area contributed by atoms with Crippen LogP contribution in [0.15, 0.2) is 213 Å². The zero-order chi connectivity index (χ0) is 45.8. The zero-order valence-corrected chi connectivity index (χ0v) is 40.6. The minimum absolute atomic E-state index is 0.0189. The fraction of sp³-hybridized carbons (Fsp3) is 0.422. The van der Waals surface area contributed by atoms with Crippen molar-refractivity contribution >= 4 is 5.84 Å². The number of ether oxygens (including phenoxy) is 2. The maximum Gasteiger partial charge on any atom is 0.137 e. The Labute approximate surface area is 406 Å². The van der Waals surface area contributed by atoms with Crippen LogP contribution in [0.1, 0.15) is 110 Å². The lowest BCUT2D eigenvalue weighted by molar-refractivity contribution is -0.156. The standard InChI is InChI=1S/C64H70N2O2/c1-42-39-43(2)59(44(3)40-42)62-65-55(49-31-16-17-35-53-60(49)67-57-37-20-18-33-51(57)63(53,45-23-8-4-9-24-45)46-25-10-5-11-26-46)41-56(66-62)50-32-22-36-54-61(50)68-58-38-21-19-34-52(58)64(54,47-27-12-6-13-28-47)48-29-14-7-15-30-48/h4,6-8,10,12-14,16,19-23,25-29,31,35-37,39,41,43-44,50,52,54-55,58-59,61H,5,9,11,15,17-18,24,30,32-34,38,40H2,1-3H3,(H,65,66). The summed E-state index contributed by atoms with van der Waals surface area (Å²) in [7, 11) is 0. The summed E-state index contributed by atoms with van der Waals surface area (Å²) in [5.41, 5.74) is 12.0. The predicted octanol–water partition coefficient (Wildman–Crippen LogP) is 14.9. The fourth-order valence-corrected chi connectivity index (χ4v) is 15.2. The summed E-state index contributed by atoms with van der Waals surface area (Å²) in [6.07, 6.45) is 61.8. The van der Waals surface area contributed by atoms with E-state index in [4.69, 9.17) is 14.5 Å². The van der Waals surface area contributed by atoms with Crippen LogP contribution in [0.25, 0.3) is 0 Å². The van der Waals surface area contributed by atoms with Crippen molar-refractivity contribution < 1.29 is 9.47 Å². The molecule has 8 aliphatic carbocycles. The van der Waals surface area contributed by atoms with E-state index in [1.54, 1.807) is 5.57 Å². The molecule has 0 bridgehead atoms. The fourth-order valence-electron chi connectivity index (χ4n) is 15.2. The second-order valence-electron chi connectivity index (χ2n) is 21.6. The van der Waals surface area contributed by atoms with Gasteiger partial charge in [0.2, 0.25) is 0 Å². The highest BCUT2D eigenvalue weighted by Gasteiger charge is 2.60. The molecule has 11 aliphatic rings. The number of amidine groups is 1. The predicted molar refractivity (Wildman–Crippen MR) is 279 cm³/mol. The molecular weight excluding hydrogens is 829 g/mol. The molecule has 3 heterocycles. The SMILES string of the molecule is CC1=CC(C)C(C2=NC(C3=C4OC5=C(CCC=C5)C(C5=CCCC=C5)(C5=CC=CCC5)C4=CCC=C3)C=C(C3CC=CC4C3OC3CC=CCC3C4(C3=CC=CCC3)c3ccccc3)N2)C(C)C1. The Morgan fingerprint density at radius 2 is 1.56 bits per heavy atom. The van der Waals surface area contributed by atoms with Gasteiger partial charge in [-0.15, -0.1) is 0 Å². The molecule has 0 spiro atoms. The van der Waals surface area contributed by atoms with E-state index in [1.165, 1.54) is 39.1 Å². The summed E-state index contributed by atoms with van der Waals surface area (Å²) in [5, 5.41) is 4.21. The van der Waals surface area contributed by atoms with Crippen LogP contribution in [0.5, 0.6) is 0 Å². The minimum Gasteiger partial charge on any atom is -0.457 e. The lowest BCUT2D eigenvalue weighted by Crippen LogP contribution is -2.61. The number of rotatable bonds is 7. The first kappa shape index (κ1) is 43.8. The van der Waals surface area contributed by atoms with Gasteiger partial charge in [-0.3, -0.25) is 4.99 Å². The Balaban J connectivity index is 1.04. The monoisotopic (exact) mass is 899 g/mol. The average molecular weight is 899 g/mol. The summed E-state index contributed by atoms with van der Waals surface area (Å²) in [6, 6.07) is 11.3. The molecule has 11 atom stereocenters. The Morgan fingerprint density at radius 1 is 0.750 bits per heavy atom. The maximum atomic E-state index is 7.70. The van der Waals surface area contributed by atoms with Crippen LogP contribution in [0.3, 0.4) is 0 Å². The summed E-state index contributed by atoms with van der Waals surface area (Å²) >= 11 is 0. The quantitative estimate of drug-likeness (QED) is 0.277. The van der Waals surface area contributed by atoms with E-state index in [1.807, 2.05) is 0 Å². The average Bonchev–Trinajstić information content (AvgIpc) is 3.60. The molecule has 1 aromatic carbocycles. The molecule has 0 aromatic heterocycles. The van der Waals surface area contributed by atoms with E-state index in [0.717, 1.165) is 106 Å². The van der Waals surface area contributed by atoms with Crippen LogP contribution in [-0.2, 0) is 14.9 Å². The highest BCUT2D eigenvalue weighted by atomic mass is 16.5. The second-order valence-corrected chi connectivity index (χ2v) is 21.6. The first-order chi connectivity index (χ1) is 33.5. The molecule has 4 nitrogen and oxygen atoms in total. The van der Waals surface area contributed by atoms with Gasteiger partial charge in [-0.1, -0.05) is 170 Å². The number of nitrogens with zero attached hydrogens (tertiary/aromatic N) is 1. The van der Waals surface area contributed by atoms with Crippen molar-refractivity contribution in [2.75, 3.05) is 0 Å². The normalized spacial score (nSPS) is 37.1. The molecule has 11 unspecified atom stereocenters. The molecular formula is C64H70N2O2. The van der Waals surface area contributed by atoms with Gasteiger partial charge in [0, 0.05) is 45.9 Å². The van der Waals surface area contributed by atoms with E-state index in [-0.39, 0.29) is 46.8 Å². The summed E-state index contributed by atoms with van der Waals surface area (Å²) in [4.78, 5) is 5.94. The molecule has 1 saturated heterocycles. The Hall–Kier alpha value is -5.45. The first-order valence-corrected chi connectivity index (χ1v) is 26.5. The molecule has 12 rings (SSSR count). The van der Waals surface area contributed by atoms with Gasteiger partial charge < -0.3 is 14.8 Å². The zero-order valence-electron chi connectivity index (χ0n) is 40.6. The van der Waals surface area contributed by atoms with Gasteiger partial charge in [-0.25, -0.2) is 0 Å². The molecule has 0 amide bonds. The largest absolute Gasteiger partial charge is 0.457 e. The van der Waals surface area contributed by atoms with Gasteiger partial charge in [0.15, 0.2) is 0 Å². The van der Waals surface area contributed by atoms with E-state index >= 15 is 0 Å².